The molecule has 2 aliphatic rings. The zero-order valence-electron chi connectivity index (χ0n) is 7.69. The summed E-state index contributed by atoms with van der Waals surface area (Å²) in [4.78, 5) is 0.547. The normalized spacial score (nSPS) is 32.2. The number of rotatable bonds is 3. The van der Waals surface area contributed by atoms with Crippen LogP contribution < -0.4 is 0 Å². The zero-order valence-corrected chi connectivity index (χ0v) is 8.51. The van der Waals surface area contributed by atoms with Crippen LogP contribution in [-0.2, 0) is 14.3 Å². The van der Waals surface area contributed by atoms with Gasteiger partial charge in [-0.3, -0.25) is 4.18 Å². The Morgan fingerprint density at radius 1 is 1.54 bits per heavy atom. The Labute approximate surface area is 78.9 Å². The molecule has 0 heterocycles. The Bertz CT molecular complexity index is 329. The molecule has 0 saturated heterocycles. The van der Waals surface area contributed by atoms with Crippen LogP contribution in [0.4, 0.5) is 0 Å². The molecule has 0 aliphatic heterocycles. The molecule has 0 radical (unpaired) electrons. The molecule has 1 saturated carbocycles. The summed E-state index contributed by atoms with van der Waals surface area (Å²) in [5, 5.41) is 0. The third kappa shape index (κ3) is 1.53. The SMILES string of the molecule is CCOS(=O)(=O)C1=C[C@@H]2CC[C@H]1C2. The van der Waals surface area contributed by atoms with Gasteiger partial charge in [-0.25, -0.2) is 0 Å². The van der Waals surface area contributed by atoms with E-state index < -0.39 is 10.1 Å². The summed E-state index contributed by atoms with van der Waals surface area (Å²) in [7, 11) is -3.38. The largest absolute Gasteiger partial charge is 0.293 e. The predicted molar refractivity (Wildman–Crippen MR) is 49.5 cm³/mol. The minimum atomic E-state index is -3.38. The van der Waals surface area contributed by atoms with Crippen LogP contribution in [0.15, 0.2) is 11.0 Å². The summed E-state index contributed by atoms with van der Waals surface area (Å²) in [5.74, 6) is 0.747. The maximum absolute atomic E-state index is 11.5. The van der Waals surface area contributed by atoms with E-state index in [1.54, 1.807) is 6.92 Å². The summed E-state index contributed by atoms with van der Waals surface area (Å²) >= 11 is 0. The van der Waals surface area contributed by atoms with Crippen LogP contribution >= 0.6 is 0 Å². The molecular weight excluding hydrogens is 188 g/mol. The molecule has 0 aromatic heterocycles. The third-order valence-corrected chi connectivity index (χ3v) is 4.43. The molecule has 0 spiro atoms. The van der Waals surface area contributed by atoms with Crippen molar-refractivity contribution in [2.24, 2.45) is 11.8 Å². The summed E-state index contributed by atoms with van der Waals surface area (Å²) in [6, 6.07) is 0. The fourth-order valence-electron chi connectivity index (χ4n) is 2.31. The van der Waals surface area contributed by atoms with E-state index in [9.17, 15) is 8.42 Å². The predicted octanol–water partition coefficient (Wildman–Crippen LogP) is 1.67. The number of hydrogen-bond acceptors (Lipinski definition) is 3. The van der Waals surface area contributed by atoms with E-state index in [1.807, 2.05) is 6.08 Å². The summed E-state index contributed by atoms with van der Waals surface area (Å²) in [6.45, 7) is 1.93. The molecule has 0 unspecified atom stereocenters. The smallest absolute Gasteiger partial charge is 0.267 e. The molecule has 3 nitrogen and oxygen atoms in total. The lowest BCUT2D eigenvalue weighted by atomic mass is 10.1. The molecule has 74 valence electrons. The van der Waals surface area contributed by atoms with E-state index in [2.05, 4.69) is 0 Å². The van der Waals surface area contributed by atoms with Gasteiger partial charge in [-0.05, 0) is 38.0 Å². The van der Waals surface area contributed by atoms with Crippen LogP contribution in [0.5, 0.6) is 0 Å². The number of hydrogen-bond donors (Lipinski definition) is 0. The van der Waals surface area contributed by atoms with Crippen LogP contribution in [0.25, 0.3) is 0 Å². The molecule has 4 heteroatoms. The van der Waals surface area contributed by atoms with Gasteiger partial charge < -0.3 is 0 Å². The maximum atomic E-state index is 11.5. The monoisotopic (exact) mass is 202 g/mol. The van der Waals surface area contributed by atoms with Gasteiger partial charge in [-0.1, -0.05) is 6.08 Å². The van der Waals surface area contributed by atoms with Crippen LogP contribution in [0.3, 0.4) is 0 Å². The molecule has 2 bridgehead atoms. The molecule has 2 aliphatic carbocycles. The minimum absolute atomic E-state index is 0.233. The van der Waals surface area contributed by atoms with Gasteiger partial charge in [0.25, 0.3) is 10.1 Å². The average Bonchev–Trinajstić information content (AvgIpc) is 2.63. The first-order chi connectivity index (χ1) is 6.13. The van der Waals surface area contributed by atoms with E-state index in [-0.39, 0.29) is 12.5 Å². The van der Waals surface area contributed by atoms with Gasteiger partial charge >= 0.3 is 0 Å². The van der Waals surface area contributed by atoms with E-state index in [1.165, 1.54) is 0 Å². The van der Waals surface area contributed by atoms with Crippen molar-refractivity contribution in [3.8, 4) is 0 Å². The van der Waals surface area contributed by atoms with Gasteiger partial charge in [0.1, 0.15) is 0 Å². The zero-order chi connectivity index (χ0) is 9.47. The maximum Gasteiger partial charge on any atom is 0.293 e. The van der Waals surface area contributed by atoms with Crippen LogP contribution in [-0.4, -0.2) is 15.0 Å². The van der Waals surface area contributed by atoms with Crippen molar-refractivity contribution in [3.63, 3.8) is 0 Å². The highest BCUT2D eigenvalue weighted by Crippen LogP contribution is 2.45. The van der Waals surface area contributed by atoms with Crippen molar-refractivity contribution in [2.45, 2.75) is 26.2 Å². The van der Waals surface area contributed by atoms with Crippen molar-refractivity contribution in [3.05, 3.63) is 11.0 Å². The Morgan fingerprint density at radius 2 is 2.31 bits per heavy atom. The molecule has 0 aromatic carbocycles. The number of fused-ring (bicyclic) bond motifs is 2. The highest BCUT2D eigenvalue weighted by molar-refractivity contribution is 7.90. The Balaban J connectivity index is 2.23. The van der Waals surface area contributed by atoms with Crippen molar-refractivity contribution in [1.82, 2.24) is 0 Å². The van der Waals surface area contributed by atoms with E-state index >= 15 is 0 Å². The standard InChI is InChI=1S/C9H14O3S/c1-2-12-13(10,11)9-6-7-3-4-8(9)5-7/h6-8H,2-5H2,1H3/t7-,8+/m1/s1. The van der Waals surface area contributed by atoms with Crippen LogP contribution in [0.2, 0.25) is 0 Å². The van der Waals surface area contributed by atoms with E-state index in [4.69, 9.17) is 4.18 Å². The van der Waals surface area contributed by atoms with Gasteiger partial charge in [0.05, 0.1) is 11.5 Å². The molecule has 2 atom stereocenters. The van der Waals surface area contributed by atoms with Gasteiger partial charge in [-0.15, -0.1) is 0 Å². The van der Waals surface area contributed by atoms with Crippen molar-refractivity contribution < 1.29 is 12.6 Å². The molecule has 0 aromatic rings. The lowest BCUT2D eigenvalue weighted by Crippen LogP contribution is -2.13. The molecule has 13 heavy (non-hydrogen) atoms. The first-order valence-electron chi connectivity index (χ1n) is 4.74. The second-order valence-corrected chi connectivity index (χ2v) is 5.32. The molecular formula is C9H14O3S. The van der Waals surface area contributed by atoms with Crippen LogP contribution in [0.1, 0.15) is 26.2 Å². The highest BCUT2D eigenvalue weighted by Gasteiger charge is 2.39. The number of allylic oxidation sites excluding steroid dienone is 2. The van der Waals surface area contributed by atoms with Gasteiger partial charge in [0.2, 0.25) is 0 Å². The third-order valence-electron chi connectivity index (χ3n) is 2.84. The van der Waals surface area contributed by atoms with Crippen molar-refractivity contribution >= 4 is 10.1 Å². The molecule has 1 fully saturated rings. The Hall–Kier alpha value is -0.350. The second-order valence-electron chi connectivity index (χ2n) is 3.70. The Kier molecular flexibility index (Phi) is 2.20. The summed E-state index contributed by atoms with van der Waals surface area (Å²) < 4.78 is 27.8. The van der Waals surface area contributed by atoms with Gasteiger partial charge in [0, 0.05) is 0 Å². The Morgan fingerprint density at radius 3 is 2.77 bits per heavy atom. The van der Waals surface area contributed by atoms with Gasteiger partial charge in [0.15, 0.2) is 0 Å². The first kappa shape index (κ1) is 9.21. The van der Waals surface area contributed by atoms with Crippen molar-refractivity contribution in [1.29, 1.82) is 0 Å². The highest BCUT2D eigenvalue weighted by atomic mass is 32.2. The van der Waals surface area contributed by atoms with Gasteiger partial charge in [-0.2, -0.15) is 8.42 Å². The molecule has 2 rings (SSSR count). The fraction of sp³-hybridized carbons (Fsp3) is 0.778. The topological polar surface area (TPSA) is 43.4 Å². The summed E-state index contributed by atoms with van der Waals surface area (Å²) in [6.07, 6.45) is 5.07. The lowest BCUT2D eigenvalue weighted by molar-refractivity contribution is 0.340. The first-order valence-corrected chi connectivity index (χ1v) is 6.15. The van der Waals surface area contributed by atoms with Crippen LogP contribution in [0, 0.1) is 11.8 Å². The van der Waals surface area contributed by atoms with E-state index in [0.717, 1.165) is 19.3 Å². The van der Waals surface area contributed by atoms with E-state index in [0.29, 0.717) is 10.8 Å². The second kappa shape index (κ2) is 3.10. The quantitative estimate of drug-likeness (QED) is 0.654. The summed E-state index contributed by atoms with van der Waals surface area (Å²) in [5.41, 5.74) is 0. The molecule has 0 amide bonds. The fourth-order valence-corrected chi connectivity index (χ4v) is 3.73. The minimum Gasteiger partial charge on any atom is -0.267 e. The molecule has 0 N–H and O–H groups in total. The lowest BCUT2D eigenvalue weighted by Gasteiger charge is -2.12. The average molecular weight is 202 g/mol. The van der Waals surface area contributed by atoms with Crippen molar-refractivity contribution in [2.75, 3.05) is 6.61 Å².